The number of β-amino-alcohol motifs (C(OH)–C–C–N with tert-alkyl or cyclic N) is 1. The highest BCUT2D eigenvalue weighted by molar-refractivity contribution is 5.92. The molecule has 3 heterocycles. The van der Waals surface area contributed by atoms with Crippen LogP contribution in [0.4, 0.5) is 0 Å². The third-order valence-corrected chi connectivity index (χ3v) is 5.65. The van der Waals surface area contributed by atoms with Gasteiger partial charge in [0, 0.05) is 52.4 Å². The van der Waals surface area contributed by atoms with Crippen molar-refractivity contribution in [3.8, 4) is 0 Å². The minimum atomic E-state index is -0.440. The molecule has 1 amide bonds. The Labute approximate surface area is 167 Å². The van der Waals surface area contributed by atoms with Crippen LogP contribution in [-0.2, 0) is 11.3 Å². The monoisotopic (exact) mass is 394 g/mol. The van der Waals surface area contributed by atoms with Crippen LogP contribution in [0.15, 0.2) is 10.7 Å². The van der Waals surface area contributed by atoms with Crippen LogP contribution in [0.25, 0.3) is 0 Å². The number of amides is 1. The zero-order valence-corrected chi connectivity index (χ0v) is 17.2. The first kappa shape index (κ1) is 21.2. The van der Waals surface area contributed by atoms with Crippen LogP contribution in [0.1, 0.15) is 43.1 Å². The molecular formula is C20H34N4O4. The third-order valence-electron chi connectivity index (χ3n) is 5.65. The predicted molar refractivity (Wildman–Crippen MR) is 105 cm³/mol. The van der Waals surface area contributed by atoms with E-state index >= 15 is 0 Å². The van der Waals surface area contributed by atoms with Gasteiger partial charge >= 0.3 is 0 Å². The van der Waals surface area contributed by atoms with Crippen molar-refractivity contribution < 1.29 is 19.1 Å². The molecule has 1 atom stereocenters. The Morgan fingerprint density at radius 2 is 1.93 bits per heavy atom. The van der Waals surface area contributed by atoms with Crippen molar-refractivity contribution in [2.45, 2.75) is 39.3 Å². The lowest BCUT2D eigenvalue weighted by molar-refractivity contribution is 0.00948. The summed E-state index contributed by atoms with van der Waals surface area (Å²) >= 11 is 0. The quantitative estimate of drug-likeness (QED) is 0.706. The lowest BCUT2D eigenvalue weighted by Crippen LogP contribution is -2.48. The minimum absolute atomic E-state index is 0.0185. The Bertz CT molecular complexity index is 607. The number of hydrogen-bond acceptors (Lipinski definition) is 7. The summed E-state index contributed by atoms with van der Waals surface area (Å²) in [6.45, 7) is 11.6. The number of piperidine rings is 1. The van der Waals surface area contributed by atoms with E-state index in [-0.39, 0.29) is 5.91 Å². The van der Waals surface area contributed by atoms with E-state index in [2.05, 4.69) is 21.7 Å². The summed E-state index contributed by atoms with van der Waals surface area (Å²) in [4.78, 5) is 23.4. The molecule has 2 aliphatic rings. The van der Waals surface area contributed by atoms with Crippen molar-refractivity contribution in [1.29, 1.82) is 0 Å². The maximum absolute atomic E-state index is 12.6. The second kappa shape index (κ2) is 10.3. The fourth-order valence-corrected chi connectivity index (χ4v) is 3.78. The highest BCUT2D eigenvalue weighted by atomic mass is 16.5. The summed E-state index contributed by atoms with van der Waals surface area (Å²) in [6.07, 6.45) is 3.17. The van der Waals surface area contributed by atoms with Crippen molar-refractivity contribution >= 4 is 5.91 Å². The summed E-state index contributed by atoms with van der Waals surface area (Å²) in [5.74, 6) is 1.27. The molecule has 158 valence electrons. The Kier molecular flexibility index (Phi) is 7.84. The van der Waals surface area contributed by atoms with Gasteiger partial charge in [0.05, 0.1) is 19.3 Å². The Hall–Kier alpha value is -1.48. The number of aliphatic hydroxyl groups is 1. The third kappa shape index (κ3) is 6.01. The summed E-state index contributed by atoms with van der Waals surface area (Å²) in [7, 11) is 0. The van der Waals surface area contributed by atoms with Crippen LogP contribution in [0.5, 0.6) is 0 Å². The van der Waals surface area contributed by atoms with Crippen LogP contribution in [-0.4, -0.2) is 95.8 Å². The van der Waals surface area contributed by atoms with Crippen LogP contribution in [0.3, 0.4) is 0 Å². The number of hydrogen-bond donors (Lipinski definition) is 1. The molecule has 0 aliphatic carbocycles. The Morgan fingerprint density at radius 1 is 1.25 bits per heavy atom. The molecule has 1 aromatic rings. The summed E-state index contributed by atoms with van der Waals surface area (Å²) in [6, 6.07) is 0. The number of ether oxygens (including phenoxy) is 1. The smallest absolute Gasteiger partial charge is 0.275 e. The van der Waals surface area contributed by atoms with E-state index in [0.29, 0.717) is 43.8 Å². The molecule has 0 saturated carbocycles. The molecule has 2 saturated heterocycles. The number of piperazine rings is 1. The van der Waals surface area contributed by atoms with Crippen molar-refractivity contribution in [2.75, 3.05) is 59.0 Å². The Morgan fingerprint density at radius 3 is 2.61 bits per heavy atom. The number of carbonyl (C=O) groups is 1. The molecule has 1 unspecified atom stereocenters. The fourth-order valence-electron chi connectivity index (χ4n) is 3.78. The SMILES string of the molecule is CCOCC(O)CN1CCN(Cc2nc(C(=O)N3CCC(C)CC3)co2)CC1. The van der Waals surface area contributed by atoms with E-state index in [1.165, 1.54) is 6.26 Å². The van der Waals surface area contributed by atoms with Crippen molar-refractivity contribution in [3.05, 3.63) is 17.8 Å². The van der Waals surface area contributed by atoms with Gasteiger partial charge in [-0.25, -0.2) is 4.98 Å². The number of nitrogens with zero attached hydrogens (tertiary/aromatic N) is 4. The summed E-state index contributed by atoms with van der Waals surface area (Å²) in [5, 5.41) is 9.97. The fraction of sp³-hybridized carbons (Fsp3) is 0.800. The summed E-state index contributed by atoms with van der Waals surface area (Å²) < 4.78 is 10.8. The van der Waals surface area contributed by atoms with Crippen LogP contribution >= 0.6 is 0 Å². The summed E-state index contributed by atoms with van der Waals surface area (Å²) in [5.41, 5.74) is 0.419. The van der Waals surface area contributed by atoms with Gasteiger partial charge in [0.25, 0.3) is 5.91 Å². The molecule has 2 aliphatic heterocycles. The maximum Gasteiger partial charge on any atom is 0.275 e. The lowest BCUT2D eigenvalue weighted by Gasteiger charge is -2.34. The Balaban J connectivity index is 1.41. The van der Waals surface area contributed by atoms with Gasteiger partial charge in [-0.2, -0.15) is 0 Å². The zero-order chi connectivity index (χ0) is 19.9. The van der Waals surface area contributed by atoms with Gasteiger partial charge in [0.2, 0.25) is 5.89 Å². The van der Waals surface area contributed by atoms with E-state index in [4.69, 9.17) is 9.15 Å². The normalized spacial score (nSPS) is 21.2. The largest absolute Gasteiger partial charge is 0.447 e. The molecule has 0 spiro atoms. The van der Waals surface area contributed by atoms with Gasteiger partial charge in [0.1, 0.15) is 6.26 Å². The van der Waals surface area contributed by atoms with Crippen molar-refractivity contribution in [1.82, 2.24) is 19.7 Å². The second-order valence-electron chi connectivity index (χ2n) is 7.99. The molecule has 28 heavy (non-hydrogen) atoms. The van der Waals surface area contributed by atoms with Gasteiger partial charge in [-0.3, -0.25) is 14.6 Å². The maximum atomic E-state index is 12.6. The second-order valence-corrected chi connectivity index (χ2v) is 7.99. The minimum Gasteiger partial charge on any atom is -0.447 e. The van der Waals surface area contributed by atoms with E-state index < -0.39 is 6.10 Å². The van der Waals surface area contributed by atoms with Crippen LogP contribution in [0.2, 0.25) is 0 Å². The van der Waals surface area contributed by atoms with Crippen molar-refractivity contribution in [2.24, 2.45) is 5.92 Å². The van der Waals surface area contributed by atoms with Gasteiger partial charge < -0.3 is 19.2 Å². The zero-order valence-electron chi connectivity index (χ0n) is 17.2. The predicted octanol–water partition coefficient (Wildman–Crippen LogP) is 1.06. The lowest BCUT2D eigenvalue weighted by atomic mass is 9.99. The van der Waals surface area contributed by atoms with E-state index in [1.807, 2.05) is 11.8 Å². The first-order valence-corrected chi connectivity index (χ1v) is 10.5. The molecule has 8 heteroatoms. The topological polar surface area (TPSA) is 82.3 Å². The average Bonchev–Trinajstić information content (AvgIpc) is 3.16. The van der Waals surface area contributed by atoms with Crippen LogP contribution in [0, 0.1) is 5.92 Å². The molecule has 0 aromatic carbocycles. The highest BCUT2D eigenvalue weighted by Gasteiger charge is 2.25. The standard InChI is InChI=1S/C20H34N4O4/c1-3-27-14-17(25)12-22-8-10-23(11-9-22)13-19-21-18(15-28-19)20(26)24-6-4-16(2)5-7-24/h15-17,25H,3-14H2,1-2H3. The molecule has 8 nitrogen and oxygen atoms in total. The molecule has 3 rings (SSSR count). The molecular weight excluding hydrogens is 360 g/mol. The van der Waals surface area contributed by atoms with Gasteiger partial charge in [-0.15, -0.1) is 0 Å². The number of aromatic nitrogens is 1. The van der Waals surface area contributed by atoms with Gasteiger partial charge in [0.15, 0.2) is 5.69 Å². The van der Waals surface area contributed by atoms with Gasteiger partial charge in [-0.1, -0.05) is 6.92 Å². The average molecular weight is 395 g/mol. The molecule has 1 aromatic heterocycles. The first-order chi connectivity index (χ1) is 13.5. The van der Waals surface area contributed by atoms with Crippen LogP contribution < -0.4 is 0 Å². The van der Waals surface area contributed by atoms with Gasteiger partial charge in [-0.05, 0) is 25.7 Å². The number of rotatable bonds is 8. The number of likely N-dealkylation sites (tertiary alicyclic amines) is 1. The van der Waals surface area contributed by atoms with Crippen molar-refractivity contribution in [3.63, 3.8) is 0 Å². The first-order valence-electron chi connectivity index (χ1n) is 10.5. The molecule has 1 N–H and O–H groups in total. The number of oxazole rings is 1. The van der Waals surface area contributed by atoms with E-state index in [9.17, 15) is 9.90 Å². The number of aliphatic hydroxyl groups excluding tert-OH is 1. The van der Waals surface area contributed by atoms with E-state index in [0.717, 1.165) is 52.1 Å². The van der Waals surface area contributed by atoms with E-state index in [1.54, 1.807) is 0 Å². The molecule has 2 fully saturated rings. The highest BCUT2D eigenvalue weighted by Crippen LogP contribution is 2.18. The molecule has 0 radical (unpaired) electrons. The molecule has 0 bridgehead atoms. The number of carbonyl (C=O) groups excluding carboxylic acids is 1.